The maximum absolute atomic E-state index is 12.3. The van der Waals surface area contributed by atoms with Crippen LogP contribution in [0.3, 0.4) is 0 Å². The first kappa shape index (κ1) is 26.9. The quantitative estimate of drug-likeness (QED) is 0.377. The molecule has 0 spiro atoms. The van der Waals surface area contributed by atoms with E-state index in [2.05, 4.69) is 55.4 Å². The van der Waals surface area contributed by atoms with Crippen molar-refractivity contribution in [2.45, 2.75) is 107 Å². The molecule has 0 aromatic heterocycles. The second kappa shape index (κ2) is 11.8. The van der Waals surface area contributed by atoms with Crippen LogP contribution in [0.4, 0.5) is 0 Å². The minimum absolute atomic E-state index is 0.00579. The van der Waals surface area contributed by atoms with Gasteiger partial charge in [-0.2, -0.15) is 0 Å². The monoisotopic (exact) mass is 398 g/mol. The van der Waals surface area contributed by atoms with Gasteiger partial charge in [-0.25, -0.2) is 0 Å². The highest BCUT2D eigenvalue weighted by atomic mass is 16.6. The van der Waals surface area contributed by atoms with Crippen molar-refractivity contribution in [2.75, 3.05) is 6.61 Å². The van der Waals surface area contributed by atoms with E-state index in [0.717, 1.165) is 19.3 Å². The summed E-state index contributed by atoms with van der Waals surface area (Å²) >= 11 is 0. The number of carbonyl (C=O) groups excluding carboxylic acids is 2. The van der Waals surface area contributed by atoms with Gasteiger partial charge in [0, 0.05) is 18.8 Å². The molecule has 4 heteroatoms. The highest BCUT2D eigenvalue weighted by Crippen LogP contribution is 2.27. The lowest BCUT2D eigenvalue weighted by atomic mass is 9.84. The van der Waals surface area contributed by atoms with Crippen LogP contribution in [0.15, 0.2) is 0 Å². The Labute approximate surface area is 174 Å². The van der Waals surface area contributed by atoms with E-state index >= 15 is 0 Å². The SMILES string of the molecule is CCC(OC(=O)CC(C)CC(C)(C)C)C(C)COC(=O)CC(C)CC(C)(C)C. The summed E-state index contributed by atoms with van der Waals surface area (Å²) in [6, 6.07) is 0. The first-order chi connectivity index (χ1) is 12.6. The lowest BCUT2D eigenvalue weighted by Crippen LogP contribution is -2.29. The molecule has 28 heavy (non-hydrogen) atoms. The van der Waals surface area contributed by atoms with Gasteiger partial charge in [0.15, 0.2) is 0 Å². The van der Waals surface area contributed by atoms with Crippen LogP contribution >= 0.6 is 0 Å². The Kier molecular flexibility index (Phi) is 11.4. The molecule has 0 radical (unpaired) electrons. The molecule has 0 aliphatic heterocycles. The van der Waals surface area contributed by atoms with Gasteiger partial charge in [0.25, 0.3) is 0 Å². The van der Waals surface area contributed by atoms with Crippen molar-refractivity contribution >= 4 is 11.9 Å². The van der Waals surface area contributed by atoms with E-state index in [9.17, 15) is 9.59 Å². The molecule has 0 amide bonds. The minimum Gasteiger partial charge on any atom is -0.465 e. The molecular formula is C24H46O4. The summed E-state index contributed by atoms with van der Waals surface area (Å²) in [5.74, 6) is 0.271. The third kappa shape index (κ3) is 14.0. The van der Waals surface area contributed by atoms with Crippen molar-refractivity contribution in [3.63, 3.8) is 0 Å². The molecule has 0 saturated heterocycles. The number of ether oxygens (including phenoxy) is 2. The first-order valence-corrected chi connectivity index (χ1v) is 11.0. The Bertz CT molecular complexity index is 470. The Hall–Kier alpha value is -1.06. The highest BCUT2D eigenvalue weighted by Gasteiger charge is 2.25. The van der Waals surface area contributed by atoms with Crippen LogP contribution in [-0.2, 0) is 19.1 Å². The third-order valence-corrected chi connectivity index (χ3v) is 4.78. The molecule has 0 rings (SSSR count). The van der Waals surface area contributed by atoms with E-state index in [1.807, 2.05) is 13.8 Å². The summed E-state index contributed by atoms with van der Waals surface area (Å²) in [6.45, 7) is 21.5. The minimum atomic E-state index is -0.214. The molecule has 0 bridgehead atoms. The van der Waals surface area contributed by atoms with Gasteiger partial charge in [-0.15, -0.1) is 0 Å². The fourth-order valence-electron chi connectivity index (χ4n) is 4.01. The van der Waals surface area contributed by atoms with Crippen LogP contribution < -0.4 is 0 Å². The van der Waals surface area contributed by atoms with E-state index in [1.165, 1.54) is 0 Å². The van der Waals surface area contributed by atoms with Crippen molar-refractivity contribution in [3.05, 3.63) is 0 Å². The largest absolute Gasteiger partial charge is 0.465 e. The average Bonchev–Trinajstić information content (AvgIpc) is 2.46. The standard InChI is InChI=1S/C24H46O4/c1-11-20(28-22(26)13-18(3)15-24(8,9)10)19(4)16-27-21(25)12-17(2)14-23(5,6)7/h17-20H,11-16H2,1-10H3. The van der Waals surface area contributed by atoms with Crippen LogP contribution in [0.2, 0.25) is 0 Å². The summed E-state index contributed by atoms with van der Waals surface area (Å²) < 4.78 is 11.2. The smallest absolute Gasteiger partial charge is 0.306 e. The average molecular weight is 399 g/mol. The van der Waals surface area contributed by atoms with Crippen molar-refractivity contribution in [1.82, 2.24) is 0 Å². The number of carbonyl (C=O) groups is 2. The number of hydrogen-bond donors (Lipinski definition) is 0. The number of hydrogen-bond acceptors (Lipinski definition) is 4. The van der Waals surface area contributed by atoms with Crippen LogP contribution in [0.5, 0.6) is 0 Å². The maximum atomic E-state index is 12.3. The van der Waals surface area contributed by atoms with Gasteiger partial charge in [-0.1, -0.05) is 69.2 Å². The predicted octanol–water partition coefficient (Wildman–Crippen LogP) is 6.41. The predicted molar refractivity (Wildman–Crippen MR) is 116 cm³/mol. The Balaban J connectivity index is 4.39. The summed E-state index contributed by atoms with van der Waals surface area (Å²) in [5.41, 5.74) is 0.411. The Morgan fingerprint density at radius 1 is 0.786 bits per heavy atom. The van der Waals surface area contributed by atoms with E-state index in [-0.39, 0.29) is 34.8 Å². The molecule has 4 atom stereocenters. The van der Waals surface area contributed by atoms with E-state index in [4.69, 9.17) is 9.47 Å². The van der Waals surface area contributed by atoms with E-state index in [1.54, 1.807) is 0 Å². The zero-order chi connectivity index (χ0) is 22.1. The molecule has 0 fully saturated rings. The fraction of sp³-hybridized carbons (Fsp3) is 0.917. The first-order valence-electron chi connectivity index (χ1n) is 11.0. The van der Waals surface area contributed by atoms with Crippen molar-refractivity contribution in [3.8, 4) is 0 Å². The van der Waals surface area contributed by atoms with Crippen LogP contribution in [0, 0.1) is 28.6 Å². The molecule has 0 saturated carbocycles. The summed E-state index contributed by atoms with van der Waals surface area (Å²) in [5, 5.41) is 0. The molecule has 166 valence electrons. The van der Waals surface area contributed by atoms with E-state index in [0.29, 0.717) is 31.3 Å². The van der Waals surface area contributed by atoms with E-state index < -0.39 is 0 Å². The molecule has 4 nitrogen and oxygen atoms in total. The van der Waals surface area contributed by atoms with Gasteiger partial charge < -0.3 is 9.47 Å². The van der Waals surface area contributed by atoms with Gasteiger partial charge in [0.05, 0.1) is 6.61 Å². The zero-order valence-electron chi connectivity index (χ0n) is 20.2. The number of rotatable bonds is 11. The van der Waals surface area contributed by atoms with Gasteiger partial charge in [-0.05, 0) is 41.9 Å². The van der Waals surface area contributed by atoms with Gasteiger partial charge >= 0.3 is 11.9 Å². The lowest BCUT2D eigenvalue weighted by molar-refractivity contribution is -0.156. The molecular weight excluding hydrogens is 352 g/mol. The van der Waals surface area contributed by atoms with Crippen molar-refractivity contribution in [1.29, 1.82) is 0 Å². The molecule has 4 unspecified atom stereocenters. The summed E-state index contributed by atoms with van der Waals surface area (Å²) in [6.07, 6.45) is 3.35. The van der Waals surface area contributed by atoms with Crippen molar-refractivity contribution in [2.24, 2.45) is 28.6 Å². The van der Waals surface area contributed by atoms with Crippen molar-refractivity contribution < 1.29 is 19.1 Å². The van der Waals surface area contributed by atoms with Gasteiger partial charge in [0.2, 0.25) is 0 Å². The molecule has 0 N–H and O–H groups in total. The molecule has 0 aliphatic rings. The van der Waals surface area contributed by atoms with Gasteiger partial charge in [0.1, 0.15) is 6.10 Å². The normalized spacial score (nSPS) is 16.8. The summed E-state index contributed by atoms with van der Waals surface area (Å²) in [7, 11) is 0. The number of esters is 2. The molecule has 0 aliphatic carbocycles. The fourth-order valence-corrected chi connectivity index (χ4v) is 4.01. The van der Waals surface area contributed by atoms with Crippen LogP contribution in [0.25, 0.3) is 0 Å². The highest BCUT2D eigenvalue weighted by molar-refractivity contribution is 5.70. The maximum Gasteiger partial charge on any atom is 0.306 e. The zero-order valence-corrected chi connectivity index (χ0v) is 20.2. The third-order valence-electron chi connectivity index (χ3n) is 4.78. The molecule has 0 aromatic carbocycles. The van der Waals surface area contributed by atoms with Crippen LogP contribution in [0.1, 0.15) is 101 Å². The lowest BCUT2D eigenvalue weighted by Gasteiger charge is -2.26. The molecule has 0 heterocycles. The second-order valence-electron chi connectivity index (χ2n) is 11.2. The Morgan fingerprint density at radius 3 is 1.61 bits per heavy atom. The molecule has 0 aromatic rings. The second-order valence-corrected chi connectivity index (χ2v) is 11.2. The Morgan fingerprint density at radius 2 is 1.21 bits per heavy atom. The van der Waals surface area contributed by atoms with Gasteiger partial charge in [-0.3, -0.25) is 9.59 Å². The topological polar surface area (TPSA) is 52.6 Å². The summed E-state index contributed by atoms with van der Waals surface area (Å²) in [4.78, 5) is 24.4. The van der Waals surface area contributed by atoms with Crippen LogP contribution in [-0.4, -0.2) is 24.6 Å².